The molecule has 0 radical (unpaired) electrons. The van der Waals surface area contributed by atoms with Gasteiger partial charge in [0.25, 0.3) is 0 Å². The summed E-state index contributed by atoms with van der Waals surface area (Å²) in [4.78, 5) is 15.9. The molecule has 204 valence electrons. The number of methoxy groups -OCH3 is 1. The van der Waals surface area contributed by atoms with E-state index < -0.39 is 22.7 Å². The van der Waals surface area contributed by atoms with Crippen molar-refractivity contribution < 1.29 is 24.1 Å². The SMILES string of the molecule is CO[C@@]12CC[C@@H](N[C@@H](Cc3ccccc3)C(=O)OC(C)(C)C)[C@@H]3Oc4c(O)ccc5c4[C@@]31CCN(C)C2C5. The number of likely N-dealkylation sites (tertiary alicyclic amines) is 1. The third-order valence-electron chi connectivity index (χ3n) is 9.44. The lowest BCUT2D eigenvalue weighted by atomic mass is 9.48. The molecule has 4 aliphatic rings. The molecule has 2 aromatic rings. The number of benzene rings is 2. The number of likely N-dealkylation sites (N-methyl/N-ethyl adjacent to an activating group) is 1. The molecular weight excluding hydrogens is 480 g/mol. The minimum Gasteiger partial charge on any atom is -0.504 e. The Morgan fingerprint density at radius 1 is 1.21 bits per heavy atom. The Balaban J connectivity index is 1.40. The highest BCUT2D eigenvalue weighted by Gasteiger charge is 2.73. The smallest absolute Gasteiger partial charge is 0.324 e. The van der Waals surface area contributed by atoms with Crippen LogP contribution < -0.4 is 10.1 Å². The third kappa shape index (κ3) is 3.69. The van der Waals surface area contributed by atoms with Crippen LogP contribution in [0, 0.1) is 0 Å². The van der Waals surface area contributed by atoms with Gasteiger partial charge in [0.1, 0.15) is 17.7 Å². The fourth-order valence-corrected chi connectivity index (χ4v) is 8.00. The van der Waals surface area contributed by atoms with Crippen LogP contribution >= 0.6 is 0 Å². The van der Waals surface area contributed by atoms with Crippen molar-refractivity contribution in [3.8, 4) is 11.5 Å². The number of phenolic OH excluding ortho intramolecular Hbond substituents is 1. The quantitative estimate of drug-likeness (QED) is 0.562. The van der Waals surface area contributed by atoms with Gasteiger partial charge in [-0.2, -0.15) is 0 Å². The fourth-order valence-electron chi connectivity index (χ4n) is 8.00. The van der Waals surface area contributed by atoms with Gasteiger partial charge in [-0.3, -0.25) is 10.1 Å². The number of nitrogens with one attached hydrogen (secondary N) is 1. The van der Waals surface area contributed by atoms with Crippen molar-refractivity contribution in [1.82, 2.24) is 10.2 Å². The molecule has 7 heteroatoms. The van der Waals surface area contributed by atoms with Crippen LogP contribution in [0.25, 0.3) is 0 Å². The van der Waals surface area contributed by atoms with Crippen LogP contribution in [0.4, 0.5) is 0 Å². The Hall–Kier alpha value is -2.61. The normalized spacial score (nSPS) is 32.3. The molecule has 1 unspecified atom stereocenters. The Morgan fingerprint density at radius 2 is 1.97 bits per heavy atom. The van der Waals surface area contributed by atoms with Crippen LogP contribution in [0.3, 0.4) is 0 Å². The van der Waals surface area contributed by atoms with Crippen molar-refractivity contribution in [2.45, 2.75) is 93.7 Å². The lowest BCUT2D eigenvalue weighted by Crippen LogP contribution is -2.78. The molecule has 2 heterocycles. The molecule has 6 rings (SSSR count). The van der Waals surface area contributed by atoms with Gasteiger partial charge in [-0.15, -0.1) is 0 Å². The molecule has 2 aliphatic carbocycles. The minimum atomic E-state index is -0.588. The number of nitrogens with zero attached hydrogens (tertiary/aromatic N) is 1. The molecular formula is C31H40N2O5. The molecule has 1 spiro atoms. The summed E-state index contributed by atoms with van der Waals surface area (Å²) in [5, 5.41) is 14.6. The van der Waals surface area contributed by atoms with Crippen LogP contribution in [0.2, 0.25) is 0 Å². The van der Waals surface area contributed by atoms with Gasteiger partial charge in [-0.25, -0.2) is 0 Å². The van der Waals surface area contributed by atoms with Crippen LogP contribution in [0.5, 0.6) is 11.5 Å². The predicted molar refractivity (Wildman–Crippen MR) is 145 cm³/mol. The molecule has 38 heavy (non-hydrogen) atoms. The molecule has 1 saturated heterocycles. The van der Waals surface area contributed by atoms with Crippen molar-refractivity contribution in [2.24, 2.45) is 0 Å². The maximum absolute atomic E-state index is 13.5. The molecule has 1 saturated carbocycles. The van der Waals surface area contributed by atoms with E-state index in [1.165, 1.54) is 5.56 Å². The first-order chi connectivity index (χ1) is 18.1. The Bertz CT molecular complexity index is 1230. The van der Waals surface area contributed by atoms with Gasteiger partial charge in [0, 0.05) is 24.8 Å². The average Bonchev–Trinajstić information content (AvgIpc) is 3.24. The zero-order valence-corrected chi connectivity index (χ0v) is 23.1. The van der Waals surface area contributed by atoms with Crippen molar-refractivity contribution >= 4 is 5.97 Å². The van der Waals surface area contributed by atoms with Crippen LogP contribution in [0.15, 0.2) is 42.5 Å². The van der Waals surface area contributed by atoms with Gasteiger partial charge < -0.3 is 24.2 Å². The number of carbonyl (C=O) groups excluding carboxylic acids is 1. The summed E-state index contributed by atoms with van der Waals surface area (Å²) in [6.07, 6.45) is 3.64. The van der Waals surface area contributed by atoms with Gasteiger partial charge >= 0.3 is 5.97 Å². The van der Waals surface area contributed by atoms with Crippen LogP contribution in [-0.2, 0) is 32.5 Å². The highest BCUT2D eigenvalue weighted by atomic mass is 16.6. The summed E-state index contributed by atoms with van der Waals surface area (Å²) < 4.78 is 19.2. The van der Waals surface area contributed by atoms with Gasteiger partial charge in [0.15, 0.2) is 11.5 Å². The number of rotatable bonds is 6. The molecule has 6 atom stereocenters. The standard InChI is InChI=1S/C31H40N2O5/c1-29(2,3)38-28(35)22(17-19-9-7-6-8-10-19)32-21-13-14-31(36-5)24-18-20-11-12-23(34)26-25(20)30(31,27(21)37-26)15-16-33(24)4/h6-12,21-22,24,27,32,34H,13-18H2,1-5H3/t21-,22+,24?,27+,30+,31-/m1/s1. The molecule has 2 bridgehead atoms. The minimum absolute atomic E-state index is 0.110. The average molecular weight is 521 g/mol. The summed E-state index contributed by atoms with van der Waals surface area (Å²) in [6, 6.07) is 13.5. The monoisotopic (exact) mass is 520 g/mol. The molecule has 7 nitrogen and oxygen atoms in total. The molecule has 2 aromatic carbocycles. The van der Waals surface area contributed by atoms with Crippen molar-refractivity contribution in [2.75, 3.05) is 20.7 Å². The molecule has 0 amide bonds. The first-order valence-corrected chi connectivity index (χ1v) is 13.9. The lowest BCUT2D eigenvalue weighted by molar-refractivity contribution is -0.204. The van der Waals surface area contributed by atoms with E-state index in [1.54, 1.807) is 6.07 Å². The van der Waals surface area contributed by atoms with Crippen LogP contribution in [0.1, 0.15) is 56.7 Å². The maximum Gasteiger partial charge on any atom is 0.324 e. The second kappa shape index (κ2) is 8.97. The number of carbonyl (C=O) groups is 1. The van der Waals surface area contributed by atoms with Crippen molar-refractivity contribution in [3.63, 3.8) is 0 Å². The molecule has 2 aliphatic heterocycles. The Morgan fingerprint density at radius 3 is 2.68 bits per heavy atom. The molecule has 2 fully saturated rings. The first kappa shape index (κ1) is 25.7. The zero-order valence-electron chi connectivity index (χ0n) is 23.1. The lowest BCUT2D eigenvalue weighted by Gasteiger charge is -2.65. The zero-order chi connectivity index (χ0) is 26.9. The van der Waals surface area contributed by atoms with E-state index in [0.717, 1.165) is 43.4 Å². The van der Waals surface area contributed by atoms with Gasteiger partial charge in [-0.05, 0) is 83.7 Å². The predicted octanol–water partition coefficient (Wildman–Crippen LogP) is 3.74. The first-order valence-electron chi connectivity index (χ1n) is 13.9. The van der Waals surface area contributed by atoms with Crippen molar-refractivity contribution in [1.29, 1.82) is 0 Å². The summed E-state index contributed by atoms with van der Waals surface area (Å²) >= 11 is 0. The second-order valence-corrected chi connectivity index (χ2v) is 12.6. The molecule has 2 N–H and O–H groups in total. The number of aromatic hydroxyl groups is 1. The number of hydrogen-bond acceptors (Lipinski definition) is 7. The fraction of sp³-hybridized carbons (Fsp3) is 0.581. The van der Waals surface area contributed by atoms with Gasteiger partial charge in [-0.1, -0.05) is 36.4 Å². The number of ether oxygens (including phenoxy) is 3. The van der Waals surface area contributed by atoms with E-state index in [2.05, 4.69) is 23.3 Å². The van der Waals surface area contributed by atoms with E-state index in [4.69, 9.17) is 14.2 Å². The van der Waals surface area contributed by atoms with E-state index in [9.17, 15) is 9.90 Å². The second-order valence-electron chi connectivity index (χ2n) is 12.6. The number of esters is 1. The number of phenols is 1. The highest BCUT2D eigenvalue weighted by Crippen LogP contribution is 2.66. The topological polar surface area (TPSA) is 80.3 Å². The summed E-state index contributed by atoms with van der Waals surface area (Å²) in [5.74, 6) is 0.524. The maximum atomic E-state index is 13.5. The van der Waals surface area contributed by atoms with E-state index in [0.29, 0.717) is 12.2 Å². The summed E-state index contributed by atoms with van der Waals surface area (Å²) in [6.45, 7) is 6.63. The third-order valence-corrected chi connectivity index (χ3v) is 9.44. The van der Waals surface area contributed by atoms with Gasteiger partial charge in [0.05, 0.1) is 11.0 Å². The highest BCUT2D eigenvalue weighted by molar-refractivity contribution is 5.77. The van der Waals surface area contributed by atoms with E-state index >= 15 is 0 Å². The van der Waals surface area contributed by atoms with Crippen molar-refractivity contribution in [3.05, 3.63) is 59.2 Å². The largest absolute Gasteiger partial charge is 0.504 e. The summed E-state index contributed by atoms with van der Waals surface area (Å²) in [7, 11) is 4.03. The Kier molecular flexibility index (Phi) is 6.05. The summed E-state index contributed by atoms with van der Waals surface area (Å²) in [5.41, 5.74) is 2.02. The van der Waals surface area contributed by atoms with Crippen LogP contribution in [-0.4, -0.2) is 72.1 Å². The molecule has 0 aromatic heterocycles. The van der Waals surface area contributed by atoms with E-state index in [-0.39, 0.29) is 29.9 Å². The number of piperidine rings is 1. The van der Waals surface area contributed by atoms with E-state index in [1.807, 2.05) is 58.2 Å². The number of hydrogen-bond donors (Lipinski definition) is 2. The van der Waals surface area contributed by atoms with Gasteiger partial charge in [0.2, 0.25) is 0 Å². The Labute approximate surface area is 225 Å².